The van der Waals surface area contributed by atoms with Gasteiger partial charge in [0.15, 0.2) is 5.13 Å². The summed E-state index contributed by atoms with van der Waals surface area (Å²) < 4.78 is 40.7. The third-order valence-corrected chi connectivity index (χ3v) is 6.67. The first-order valence-electron chi connectivity index (χ1n) is 9.01. The number of alkyl halides is 3. The molecule has 0 saturated heterocycles. The molecule has 0 aliphatic carbocycles. The number of amides is 1. The van der Waals surface area contributed by atoms with E-state index in [0.29, 0.717) is 29.1 Å². The maximum Gasteiger partial charge on any atom is 0.424 e. The lowest BCUT2D eigenvalue weighted by Crippen LogP contribution is -2.45. The van der Waals surface area contributed by atoms with E-state index in [9.17, 15) is 23.1 Å². The van der Waals surface area contributed by atoms with Crippen molar-refractivity contribution in [2.45, 2.75) is 45.4 Å². The molecule has 2 aromatic heterocycles. The Hall–Kier alpha value is -2.30. The summed E-state index contributed by atoms with van der Waals surface area (Å²) >= 11 is 1.87. The molecule has 3 aromatic rings. The summed E-state index contributed by atoms with van der Waals surface area (Å²) in [7, 11) is 0. The molecule has 1 atom stereocenters. The van der Waals surface area contributed by atoms with Crippen LogP contribution in [0, 0.1) is 20.8 Å². The number of aryl methyl sites for hydroxylation is 3. The largest absolute Gasteiger partial charge is 0.424 e. The van der Waals surface area contributed by atoms with Crippen LogP contribution < -0.4 is 5.32 Å². The fourth-order valence-corrected chi connectivity index (χ4v) is 4.70. The van der Waals surface area contributed by atoms with Crippen molar-refractivity contribution in [2.24, 2.45) is 0 Å². The molecule has 5 nitrogen and oxygen atoms in total. The van der Waals surface area contributed by atoms with Crippen molar-refractivity contribution in [2.75, 3.05) is 5.32 Å². The van der Waals surface area contributed by atoms with Gasteiger partial charge in [0.2, 0.25) is 11.5 Å². The SMILES string of the molecule is Cc1ccc(Cc2sc(NC(=O)CC(O)(c3nc(C)cs3)C(F)(F)F)nc2C)cc1. The monoisotopic (exact) mass is 455 g/mol. The zero-order valence-electron chi connectivity index (χ0n) is 16.5. The standard InChI is InChI=1S/C20H20F3N3O2S2/c1-11-4-6-14(7-5-11)8-15-13(3)25-18(30-15)26-16(27)9-19(28,20(21,22)23)17-24-12(2)10-29-17/h4-7,10,28H,8-9H2,1-3H3,(H,25,26,27). The smallest absolute Gasteiger partial charge is 0.374 e. The molecular formula is C20H20F3N3O2S2. The topological polar surface area (TPSA) is 75.1 Å². The molecule has 0 aliphatic rings. The predicted molar refractivity (Wildman–Crippen MR) is 111 cm³/mol. The maximum atomic E-state index is 13.6. The molecule has 160 valence electrons. The Morgan fingerprint density at radius 1 is 1.13 bits per heavy atom. The molecule has 2 heterocycles. The van der Waals surface area contributed by atoms with Crippen molar-refractivity contribution in [3.05, 3.63) is 62.0 Å². The Kier molecular flexibility index (Phi) is 6.30. The molecule has 0 radical (unpaired) electrons. The summed E-state index contributed by atoms with van der Waals surface area (Å²) in [5.74, 6) is -0.988. The van der Waals surface area contributed by atoms with Crippen LogP contribution in [-0.4, -0.2) is 27.2 Å². The summed E-state index contributed by atoms with van der Waals surface area (Å²) in [6, 6.07) is 7.97. The van der Waals surface area contributed by atoms with Crippen molar-refractivity contribution in [1.29, 1.82) is 0 Å². The lowest BCUT2D eigenvalue weighted by atomic mass is 9.99. The molecule has 10 heteroatoms. The van der Waals surface area contributed by atoms with E-state index in [1.807, 2.05) is 31.2 Å². The number of aromatic nitrogens is 2. The summed E-state index contributed by atoms with van der Waals surface area (Å²) in [5, 5.41) is 13.7. The second kappa shape index (κ2) is 8.44. The Balaban J connectivity index is 1.74. The number of carbonyl (C=O) groups is 1. The van der Waals surface area contributed by atoms with Gasteiger partial charge >= 0.3 is 6.18 Å². The quantitative estimate of drug-likeness (QED) is 0.555. The second-order valence-corrected chi connectivity index (χ2v) is 9.01. The fourth-order valence-electron chi connectivity index (χ4n) is 2.77. The van der Waals surface area contributed by atoms with Crippen LogP contribution in [0.15, 0.2) is 29.6 Å². The maximum absolute atomic E-state index is 13.6. The first kappa shape index (κ1) is 22.4. The minimum absolute atomic E-state index is 0.194. The van der Waals surface area contributed by atoms with Crippen molar-refractivity contribution < 1.29 is 23.1 Å². The Bertz CT molecular complexity index is 1040. The predicted octanol–water partition coefficient (Wildman–Crippen LogP) is 4.89. The van der Waals surface area contributed by atoms with Crippen LogP contribution >= 0.6 is 22.7 Å². The second-order valence-electron chi connectivity index (χ2n) is 7.07. The molecule has 3 rings (SSSR count). The van der Waals surface area contributed by atoms with Gasteiger partial charge in [-0.2, -0.15) is 13.2 Å². The number of rotatable bonds is 6. The third-order valence-electron chi connectivity index (χ3n) is 4.48. The van der Waals surface area contributed by atoms with E-state index in [0.717, 1.165) is 16.0 Å². The van der Waals surface area contributed by atoms with Crippen LogP contribution in [0.25, 0.3) is 0 Å². The van der Waals surface area contributed by atoms with E-state index in [1.54, 1.807) is 6.92 Å². The normalized spacial score (nSPS) is 13.8. The molecule has 0 fully saturated rings. The number of anilines is 1. The van der Waals surface area contributed by atoms with E-state index in [-0.39, 0.29) is 5.13 Å². The average Bonchev–Trinajstić information content (AvgIpc) is 3.22. The van der Waals surface area contributed by atoms with E-state index in [4.69, 9.17) is 0 Å². The van der Waals surface area contributed by atoms with Gasteiger partial charge in [0.1, 0.15) is 5.01 Å². The summed E-state index contributed by atoms with van der Waals surface area (Å²) in [4.78, 5) is 21.2. The van der Waals surface area contributed by atoms with Crippen LogP contribution in [0.4, 0.5) is 18.3 Å². The van der Waals surface area contributed by atoms with Crippen molar-refractivity contribution >= 4 is 33.7 Å². The van der Waals surface area contributed by atoms with Gasteiger partial charge in [-0.25, -0.2) is 9.97 Å². The van der Waals surface area contributed by atoms with Gasteiger partial charge < -0.3 is 10.4 Å². The van der Waals surface area contributed by atoms with Gasteiger partial charge in [0.25, 0.3) is 0 Å². The highest BCUT2D eigenvalue weighted by atomic mass is 32.1. The zero-order chi connectivity index (χ0) is 22.1. The Labute approximate surface area is 179 Å². The minimum Gasteiger partial charge on any atom is -0.374 e. The van der Waals surface area contributed by atoms with Gasteiger partial charge in [-0.3, -0.25) is 4.79 Å². The van der Waals surface area contributed by atoms with Crippen molar-refractivity contribution in [3.8, 4) is 0 Å². The van der Waals surface area contributed by atoms with Crippen LogP contribution in [0.2, 0.25) is 0 Å². The molecule has 0 saturated carbocycles. The molecule has 2 N–H and O–H groups in total. The third kappa shape index (κ3) is 4.88. The van der Waals surface area contributed by atoms with Gasteiger partial charge in [-0.1, -0.05) is 29.8 Å². The summed E-state index contributed by atoms with van der Waals surface area (Å²) in [5.41, 5.74) is -0.115. The van der Waals surface area contributed by atoms with Crippen molar-refractivity contribution in [3.63, 3.8) is 0 Å². The molecule has 1 amide bonds. The number of carbonyl (C=O) groups excluding carboxylic acids is 1. The van der Waals surface area contributed by atoms with Crippen LogP contribution in [0.1, 0.15) is 38.8 Å². The van der Waals surface area contributed by atoms with Crippen molar-refractivity contribution in [1.82, 2.24) is 9.97 Å². The van der Waals surface area contributed by atoms with Crippen LogP contribution in [0.5, 0.6) is 0 Å². The van der Waals surface area contributed by atoms with Crippen LogP contribution in [-0.2, 0) is 16.8 Å². The Morgan fingerprint density at radius 2 is 1.80 bits per heavy atom. The number of nitrogens with one attached hydrogen (secondary N) is 1. The number of halogens is 3. The number of thiazole rings is 2. The van der Waals surface area contributed by atoms with E-state index >= 15 is 0 Å². The molecular weight excluding hydrogens is 435 g/mol. The first-order chi connectivity index (χ1) is 14.0. The molecule has 0 spiro atoms. The van der Waals surface area contributed by atoms with E-state index in [2.05, 4.69) is 15.3 Å². The number of hydrogen-bond donors (Lipinski definition) is 2. The molecule has 30 heavy (non-hydrogen) atoms. The number of nitrogens with zero attached hydrogens (tertiary/aromatic N) is 2. The highest BCUT2D eigenvalue weighted by Crippen LogP contribution is 2.43. The minimum atomic E-state index is -5.05. The van der Waals surface area contributed by atoms with Gasteiger partial charge in [-0.05, 0) is 26.3 Å². The van der Waals surface area contributed by atoms with E-state index in [1.165, 1.54) is 23.6 Å². The number of hydrogen-bond acceptors (Lipinski definition) is 6. The van der Waals surface area contributed by atoms with Gasteiger partial charge in [0, 0.05) is 22.4 Å². The lowest BCUT2D eigenvalue weighted by Gasteiger charge is -2.27. The number of benzene rings is 1. The lowest BCUT2D eigenvalue weighted by molar-refractivity contribution is -0.266. The average molecular weight is 456 g/mol. The zero-order valence-corrected chi connectivity index (χ0v) is 18.1. The highest BCUT2D eigenvalue weighted by molar-refractivity contribution is 7.15. The summed E-state index contributed by atoms with van der Waals surface area (Å²) in [6.07, 6.45) is -5.65. The first-order valence-corrected chi connectivity index (χ1v) is 10.7. The van der Waals surface area contributed by atoms with E-state index < -0.39 is 29.1 Å². The summed E-state index contributed by atoms with van der Waals surface area (Å²) in [6.45, 7) is 5.29. The van der Waals surface area contributed by atoms with Gasteiger partial charge in [0.05, 0.1) is 12.1 Å². The molecule has 1 aromatic carbocycles. The highest BCUT2D eigenvalue weighted by Gasteiger charge is 2.58. The van der Waals surface area contributed by atoms with Crippen LogP contribution in [0.3, 0.4) is 0 Å². The molecule has 0 bridgehead atoms. The molecule has 0 aliphatic heterocycles. The number of aliphatic hydroxyl groups is 1. The van der Waals surface area contributed by atoms with Gasteiger partial charge in [-0.15, -0.1) is 22.7 Å². The Morgan fingerprint density at radius 3 is 2.37 bits per heavy atom. The fraction of sp³-hybridized carbons (Fsp3) is 0.350. The molecule has 1 unspecified atom stereocenters.